The van der Waals surface area contributed by atoms with E-state index in [1.54, 1.807) is 36.6 Å². The van der Waals surface area contributed by atoms with Crippen molar-refractivity contribution in [1.82, 2.24) is 4.98 Å². The first-order chi connectivity index (χ1) is 12.6. The first-order valence-corrected chi connectivity index (χ1v) is 8.74. The van der Waals surface area contributed by atoms with Crippen LogP contribution in [0, 0.1) is 5.82 Å². The Balaban J connectivity index is 1.98. The highest BCUT2D eigenvalue weighted by molar-refractivity contribution is 7.15. The molecule has 0 fully saturated rings. The smallest absolute Gasteiger partial charge is 0.341 e. The predicted molar refractivity (Wildman–Crippen MR) is 97.9 cm³/mol. The van der Waals surface area contributed by atoms with Crippen LogP contribution in [0.4, 0.5) is 9.39 Å². The van der Waals surface area contributed by atoms with Gasteiger partial charge in [0.25, 0.3) is 5.91 Å². The van der Waals surface area contributed by atoms with Crippen LogP contribution in [0.5, 0.6) is 0 Å². The molecule has 3 aromatic rings. The van der Waals surface area contributed by atoms with Crippen molar-refractivity contribution in [2.45, 2.75) is 6.92 Å². The molecule has 2 heterocycles. The molecule has 132 valence electrons. The maximum Gasteiger partial charge on any atom is 0.341 e. The molecule has 1 aromatic carbocycles. The molecular formula is C19H15FN2O3S. The summed E-state index contributed by atoms with van der Waals surface area (Å²) in [7, 11) is 0. The Morgan fingerprint density at radius 1 is 1.15 bits per heavy atom. The van der Waals surface area contributed by atoms with E-state index in [0.717, 1.165) is 0 Å². The van der Waals surface area contributed by atoms with Gasteiger partial charge in [-0.1, -0.05) is 12.1 Å². The Morgan fingerprint density at radius 3 is 2.50 bits per heavy atom. The van der Waals surface area contributed by atoms with E-state index in [0.29, 0.717) is 21.7 Å². The number of hydrogen-bond donors (Lipinski definition) is 1. The van der Waals surface area contributed by atoms with Crippen LogP contribution in [0.15, 0.2) is 54.2 Å². The number of rotatable bonds is 5. The fourth-order valence-corrected chi connectivity index (χ4v) is 3.33. The number of halogens is 1. The number of benzene rings is 1. The van der Waals surface area contributed by atoms with Gasteiger partial charge in [-0.2, -0.15) is 0 Å². The molecule has 0 saturated carbocycles. The molecule has 3 rings (SSSR count). The summed E-state index contributed by atoms with van der Waals surface area (Å²) < 4.78 is 18.3. The van der Waals surface area contributed by atoms with E-state index in [4.69, 9.17) is 4.74 Å². The van der Waals surface area contributed by atoms with Crippen LogP contribution in [0.25, 0.3) is 11.1 Å². The van der Waals surface area contributed by atoms with Gasteiger partial charge in [0.05, 0.1) is 6.61 Å². The van der Waals surface area contributed by atoms with Crippen molar-refractivity contribution in [3.8, 4) is 11.1 Å². The summed E-state index contributed by atoms with van der Waals surface area (Å²) >= 11 is 1.21. The van der Waals surface area contributed by atoms with Gasteiger partial charge in [-0.15, -0.1) is 11.3 Å². The highest BCUT2D eigenvalue weighted by Crippen LogP contribution is 2.36. The van der Waals surface area contributed by atoms with E-state index < -0.39 is 5.97 Å². The standard InChI is InChI=1S/C19H15FN2O3S/c1-2-25-19(24)16-15(12-3-5-14(20)6-4-12)11-26-18(16)22-17(23)13-7-9-21-10-8-13/h3-11H,2H2,1H3,(H,22,23). The third kappa shape index (κ3) is 3.78. The number of carbonyl (C=O) groups excluding carboxylic acids is 2. The molecule has 0 spiro atoms. The number of thiophene rings is 1. The lowest BCUT2D eigenvalue weighted by molar-refractivity contribution is 0.0529. The Hall–Kier alpha value is -3.06. The van der Waals surface area contributed by atoms with Crippen molar-refractivity contribution in [2.24, 2.45) is 0 Å². The lowest BCUT2D eigenvalue weighted by Crippen LogP contribution is -2.14. The van der Waals surface area contributed by atoms with Gasteiger partial charge in [0.1, 0.15) is 16.4 Å². The third-order valence-electron chi connectivity index (χ3n) is 3.60. The van der Waals surface area contributed by atoms with Gasteiger partial charge in [0.2, 0.25) is 0 Å². The van der Waals surface area contributed by atoms with Crippen LogP contribution >= 0.6 is 11.3 Å². The van der Waals surface area contributed by atoms with E-state index in [9.17, 15) is 14.0 Å². The van der Waals surface area contributed by atoms with Crippen LogP contribution in [0.2, 0.25) is 0 Å². The average molecular weight is 370 g/mol. The van der Waals surface area contributed by atoms with Gasteiger partial charge in [0, 0.05) is 28.9 Å². The summed E-state index contributed by atoms with van der Waals surface area (Å²) in [6.07, 6.45) is 3.03. The van der Waals surface area contributed by atoms with Crippen molar-refractivity contribution < 1.29 is 18.7 Å². The molecule has 1 amide bonds. The minimum absolute atomic E-state index is 0.204. The second-order valence-corrected chi connectivity index (χ2v) is 6.15. The van der Waals surface area contributed by atoms with Gasteiger partial charge in [0.15, 0.2) is 0 Å². The molecule has 7 heteroatoms. The molecule has 0 aliphatic carbocycles. The summed E-state index contributed by atoms with van der Waals surface area (Å²) in [6.45, 7) is 1.91. The zero-order valence-electron chi connectivity index (χ0n) is 13.9. The monoisotopic (exact) mass is 370 g/mol. The number of hydrogen-bond acceptors (Lipinski definition) is 5. The van der Waals surface area contributed by atoms with Crippen LogP contribution in [0.1, 0.15) is 27.6 Å². The van der Waals surface area contributed by atoms with E-state index >= 15 is 0 Å². The zero-order chi connectivity index (χ0) is 18.5. The molecule has 0 radical (unpaired) electrons. The lowest BCUT2D eigenvalue weighted by atomic mass is 10.0. The van der Waals surface area contributed by atoms with Crippen molar-refractivity contribution in [2.75, 3.05) is 11.9 Å². The molecule has 0 aliphatic heterocycles. The Kier molecular flexibility index (Phi) is 5.38. The predicted octanol–water partition coefficient (Wildman–Crippen LogP) is 4.38. The molecule has 0 saturated heterocycles. The number of amides is 1. The van der Waals surface area contributed by atoms with Crippen LogP contribution in [-0.2, 0) is 4.74 Å². The van der Waals surface area contributed by atoms with E-state index in [1.807, 2.05) is 0 Å². The molecule has 5 nitrogen and oxygen atoms in total. The number of esters is 1. The van der Waals surface area contributed by atoms with Gasteiger partial charge in [-0.05, 0) is 36.8 Å². The minimum atomic E-state index is -0.543. The number of nitrogens with zero attached hydrogens (tertiary/aromatic N) is 1. The Morgan fingerprint density at radius 2 is 1.85 bits per heavy atom. The van der Waals surface area contributed by atoms with Gasteiger partial charge < -0.3 is 10.1 Å². The van der Waals surface area contributed by atoms with Crippen LogP contribution in [-0.4, -0.2) is 23.5 Å². The van der Waals surface area contributed by atoms with Gasteiger partial charge in [-0.25, -0.2) is 9.18 Å². The SMILES string of the molecule is CCOC(=O)c1c(-c2ccc(F)cc2)csc1NC(=O)c1ccncc1. The molecule has 0 atom stereocenters. The van der Waals surface area contributed by atoms with E-state index in [1.165, 1.54) is 35.9 Å². The molecule has 1 N–H and O–H groups in total. The number of ether oxygens (including phenoxy) is 1. The number of pyridine rings is 1. The lowest BCUT2D eigenvalue weighted by Gasteiger charge is -2.09. The molecule has 0 bridgehead atoms. The maximum absolute atomic E-state index is 13.2. The average Bonchev–Trinajstić information content (AvgIpc) is 3.07. The summed E-state index contributed by atoms with van der Waals surface area (Å²) in [6, 6.07) is 8.94. The second-order valence-electron chi connectivity index (χ2n) is 5.27. The summed E-state index contributed by atoms with van der Waals surface area (Å²) in [5.41, 5.74) is 1.92. The zero-order valence-corrected chi connectivity index (χ0v) is 14.7. The number of nitrogens with one attached hydrogen (secondary N) is 1. The molecular weight excluding hydrogens is 355 g/mol. The van der Waals surface area contributed by atoms with Crippen molar-refractivity contribution in [3.63, 3.8) is 0 Å². The summed E-state index contributed by atoms with van der Waals surface area (Å²) in [5, 5.41) is 4.86. The normalized spacial score (nSPS) is 10.4. The highest BCUT2D eigenvalue weighted by atomic mass is 32.1. The van der Waals surface area contributed by atoms with Crippen molar-refractivity contribution in [3.05, 3.63) is 71.1 Å². The largest absolute Gasteiger partial charge is 0.462 e. The first kappa shape index (κ1) is 17.8. The minimum Gasteiger partial charge on any atom is -0.462 e. The number of aromatic nitrogens is 1. The fraction of sp³-hybridized carbons (Fsp3) is 0.105. The topological polar surface area (TPSA) is 68.3 Å². The molecule has 0 unspecified atom stereocenters. The number of carbonyl (C=O) groups is 2. The highest BCUT2D eigenvalue weighted by Gasteiger charge is 2.23. The second kappa shape index (κ2) is 7.88. The van der Waals surface area contributed by atoms with Gasteiger partial charge >= 0.3 is 5.97 Å². The summed E-state index contributed by atoms with van der Waals surface area (Å²) in [4.78, 5) is 28.7. The van der Waals surface area contributed by atoms with Crippen molar-refractivity contribution in [1.29, 1.82) is 0 Å². The Labute approximate surface area is 153 Å². The molecule has 2 aromatic heterocycles. The van der Waals surface area contributed by atoms with E-state index in [2.05, 4.69) is 10.3 Å². The Bertz CT molecular complexity index is 924. The van der Waals surface area contributed by atoms with Crippen LogP contribution in [0.3, 0.4) is 0 Å². The van der Waals surface area contributed by atoms with Gasteiger partial charge in [-0.3, -0.25) is 9.78 Å². The molecule has 0 aliphatic rings. The maximum atomic E-state index is 13.2. The fourth-order valence-electron chi connectivity index (χ4n) is 2.38. The number of anilines is 1. The van der Waals surface area contributed by atoms with Crippen molar-refractivity contribution >= 4 is 28.2 Å². The first-order valence-electron chi connectivity index (χ1n) is 7.86. The van der Waals surface area contributed by atoms with Crippen LogP contribution < -0.4 is 5.32 Å². The summed E-state index contributed by atoms with van der Waals surface area (Å²) in [5.74, 6) is -1.27. The quantitative estimate of drug-likeness (QED) is 0.677. The van der Waals surface area contributed by atoms with E-state index in [-0.39, 0.29) is 23.9 Å². The molecule has 26 heavy (non-hydrogen) atoms. The third-order valence-corrected chi connectivity index (χ3v) is 4.49.